The molecule has 1 aromatic heterocycles. The molecular formula is C11H14F3N3O2. The zero-order valence-electron chi connectivity index (χ0n) is 10.1. The van der Waals surface area contributed by atoms with E-state index in [1.165, 1.54) is 0 Å². The fraction of sp³-hybridized carbons (Fsp3) is 0.636. The van der Waals surface area contributed by atoms with Crippen molar-refractivity contribution in [1.29, 1.82) is 0 Å². The van der Waals surface area contributed by atoms with E-state index in [0.29, 0.717) is 13.2 Å². The molecule has 0 unspecified atom stereocenters. The summed E-state index contributed by atoms with van der Waals surface area (Å²) in [6, 6.07) is 0.841. The van der Waals surface area contributed by atoms with E-state index in [1.807, 2.05) is 0 Å². The maximum absolute atomic E-state index is 12.3. The standard InChI is InChI=1S/C11H14F3N3O2/c12-11(13,14)9-3-4-17(16-9)7-10(18)15-6-8-2-1-5-19-8/h3-4,8H,1-2,5-7H2,(H,15,18)/t8-/m1/s1. The summed E-state index contributed by atoms with van der Waals surface area (Å²) in [5.41, 5.74) is -1.00. The first kappa shape index (κ1) is 13.9. The second kappa shape index (κ2) is 5.60. The van der Waals surface area contributed by atoms with Gasteiger partial charge in [-0.2, -0.15) is 18.3 Å². The number of hydrogen-bond donors (Lipinski definition) is 1. The molecule has 1 amide bonds. The fourth-order valence-corrected chi connectivity index (χ4v) is 1.84. The van der Waals surface area contributed by atoms with Gasteiger partial charge in [-0.15, -0.1) is 0 Å². The second-order valence-corrected chi connectivity index (χ2v) is 4.34. The molecular weight excluding hydrogens is 263 g/mol. The Balaban J connectivity index is 1.80. The van der Waals surface area contributed by atoms with Crippen LogP contribution in [-0.4, -0.2) is 34.9 Å². The van der Waals surface area contributed by atoms with Crippen molar-refractivity contribution < 1.29 is 22.7 Å². The summed E-state index contributed by atoms with van der Waals surface area (Å²) < 4.78 is 43.2. The lowest BCUT2D eigenvalue weighted by Gasteiger charge is -2.10. The molecule has 5 nitrogen and oxygen atoms in total. The molecule has 0 spiro atoms. The number of halogens is 3. The molecule has 1 N–H and O–H groups in total. The zero-order valence-corrected chi connectivity index (χ0v) is 10.1. The van der Waals surface area contributed by atoms with E-state index in [9.17, 15) is 18.0 Å². The number of rotatable bonds is 4. The summed E-state index contributed by atoms with van der Waals surface area (Å²) in [5, 5.41) is 5.92. The summed E-state index contributed by atoms with van der Waals surface area (Å²) in [7, 11) is 0. The van der Waals surface area contributed by atoms with Gasteiger partial charge in [-0.1, -0.05) is 0 Å². The van der Waals surface area contributed by atoms with E-state index in [1.54, 1.807) is 0 Å². The molecule has 0 aromatic carbocycles. The highest BCUT2D eigenvalue weighted by molar-refractivity contribution is 5.75. The number of nitrogens with one attached hydrogen (secondary N) is 1. The molecule has 8 heteroatoms. The number of ether oxygens (including phenoxy) is 1. The largest absolute Gasteiger partial charge is 0.435 e. The van der Waals surface area contributed by atoms with Crippen LogP contribution in [0.4, 0.5) is 13.2 Å². The number of carbonyl (C=O) groups is 1. The molecule has 1 aliphatic rings. The SMILES string of the molecule is O=C(Cn1ccc(C(F)(F)F)n1)NC[C@H]1CCCO1. The molecule has 1 atom stereocenters. The first-order valence-electron chi connectivity index (χ1n) is 5.94. The van der Waals surface area contributed by atoms with E-state index in [4.69, 9.17) is 4.74 Å². The Hall–Kier alpha value is -1.57. The highest BCUT2D eigenvalue weighted by atomic mass is 19.4. The average Bonchev–Trinajstić information content (AvgIpc) is 2.95. The lowest BCUT2D eigenvalue weighted by Crippen LogP contribution is -2.34. The summed E-state index contributed by atoms with van der Waals surface area (Å²) in [4.78, 5) is 11.5. The predicted octanol–water partition coefficient (Wildman–Crippen LogP) is 1.20. The van der Waals surface area contributed by atoms with Crippen molar-refractivity contribution in [3.05, 3.63) is 18.0 Å². The van der Waals surface area contributed by atoms with Gasteiger partial charge < -0.3 is 10.1 Å². The first-order chi connectivity index (χ1) is 8.95. The lowest BCUT2D eigenvalue weighted by molar-refractivity contribution is -0.141. The highest BCUT2D eigenvalue weighted by Gasteiger charge is 2.33. The van der Waals surface area contributed by atoms with Crippen molar-refractivity contribution in [2.24, 2.45) is 0 Å². The molecule has 0 saturated carbocycles. The molecule has 19 heavy (non-hydrogen) atoms. The average molecular weight is 277 g/mol. The summed E-state index contributed by atoms with van der Waals surface area (Å²) in [6.45, 7) is 0.837. The number of hydrogen-bond acceptors (Lipinski definition) is 3. The molecule has 2 rings (SSSR count). The van der Waals surface area contributed by atoms with Crippen molar-refractivity contribution in [2.75, 3.05) is 13.2 Å². The Bertz CT molecular complexity index is 439. The quantitative estimate of drug-likeness (QED) is 0.899. The van der Waals surface area contributed by atoms with Crippen molar-refractivity contribution in [3.8, 4) is 0 Å². The van der Waals surface area contributed by atoms with Gasteiger partial charge in [0.25, 0.3) is 0 Å². The molecule has 1 aliphatic heterocycles. The molecule has 2 heterocycles. The number of aromatic nitrogens is 2. The molecule has 0 bridgehead atoms. The van der Waals surface area contributed by atoms with Crippen LogP contribution < -0.4 is 5.32 Å². The van der Waals surface area contributed by atoms with Crippen LogP contribution in [0.5, 0.6) is 0 Å². The van der Waals surface area contributed by atoms with Crippen LogP contribution in [0.1, 0.15) is 18.5 Å². The Morgan fingerprint density at radius 3 is 2.95 bits per heavy atom. The maximum atomic E-state index is 12.3. The van der Waals surface area contributed by atoms with Crippen LogP contribution in [0.15, 0.2) is 12.3 Å². The highest BCUT2D eigenvalue weighted by Crippen LogP contribution is 2.27. The van der Waals surface area contributed by atoms with Crippen molar-refractivity contribution in [1.82, 2.24) is 15.1 Å². The normalized spacial score (nSPS) is 19.6. The van der Waals surface area contributed by atoms with Gasteiger partial charge >= 0.3 is 6.18 Å². The monoisotopic (exact) mass is 277 g/mol. The molecule has 0 radical (unpaired) electrons. The molecule has 1 aromatic rings. The van der Waals surface area contributed by atoms with Gasteiger partial charge in [0.2, 0.25) is 5.91 Å². The minimum Gasteiger partial charge on any atom is -0.376 e. The van der Waals surface area contributed by atoms with Gasteiger partial charge in [0.15, 0.2) is 5.69 Å². The molecule has 1 saturated heterocycles. The summed E-state index contributed by atoms with van der Waals surface area (Å²) in [5.74, 6) is -0.382. The third-order valence-corrected chi connectivity index (χ3v) is 2.79. The van der Waals surface area contributed by atoms with Crippen molar-refractivity contribution in [3.63, 3.8) is 0 Å². The van der Waals surface area contributed by atoms with Crippen LogP contribution in [-0.2, 0) is 22.3 Å². The van der Waals surface area contributed by atoms with Gasteiger partial charge in [-0.25, -0.2) is 0 Å². The third-order valence-electron chi connectivity index (χ3n) is 2.79. The fourth-order valence-electron chi connectivity index (χ4n) is 1.84. The van der Waals surface area contributed by atoms with Crippen LogP contribution >= 0.6 is 0 Å². The topological polar surface area (TPSA) is 56.2 Å². The minimum absolute atomic E-state index is 0.00677. The number of alkyl halides is 3. The lowest BCUT2D eigenvalue weighted by atomic mass is 10.2. The van der Waals surface area contributed by atoms with Gasteiger partial charge in [0, 0.05) is 19.3 Å². The first-order valence-corrected chi connectivity index (χ1v) is 5.94. The van der Waals surface area contributed by atoms with Crippen molar-refractivity contribution >= 4 is 5.91 Å². The summed E-state index contributed by atoms with van der Waals surface area (Å²) in [6.07, 6.45) is -1.49. The Morgan fingerprint density at radius 1 is 1.58 bits per heavy atom. The second-order valence-electron chi connectivity index (χ2n) is 4.34. The van der Waals surface area contributed by atoms with Gasteiger partial charge in [0.05, 0.1) is 6.10 Å². The predicted molar refractivity (Wildman–Crippen MR) is 59.2 cm³/mol. The molecule has 0 aliphatic carbocycles. The van der Waals surface area contributed by atoms with E-state index < -0.39 is 11.9 Å². The Kier molecular flexibility index (Phi) is 4.08. The number of nitrogens with zero attached hydrogens (tertiary/aromatic N) is 2. The van der Waals surface area contributed by atoms with E-state index in [2.05, 4.69) is 10.4 Å². The van der Waals surface area contributed by atoms with Gasteiger partial charge in [0.1, 0.15) is 6.54 Å². The smallest absolute Gasteiger partial charge is 0.376 e. The molecule has 1 fully saturated rings. The van der Waals surface area contributed by atoms with Crippen LogP contribution in [0.3, 0.4) is 0 Å². The summed E-state index contributed by atoms with van der Waals surface area (Å²) >= 11 is 0. The van der Waals surface area contributed by atoms with Crippen LogP contribution in [0.2, 0.25) is 0 Å². The third kappa shape index (κ3) is 3.95. The Labute approximate surface area is 107 Å². The van der Waals surface area contributed by atoms with Crippen LogP contribution in [0, 0.1) is 0 Å². The number of carbonyl (C=O) groups excluding carboxylic acids is 1. The van der Waals surface area contributed by atoms with Crippen molar-refractivity contribution in [2.45, 2.75) is 31.7 Å². The molecule has 106 valence electrons. The minimum atomic E-state index is -4.49. The van der Waals surface area contributed by atoms with E-state index in [-0.39, 0.29) is 18.6 Å². The maximum Gasteiger partial charge on any atom is 0.435 e. The number of amides is 1. The van der Waals surface area contributed by atoms with Gasteiger partial charge in [-0.05, 0) is 18.9 Å². The van der Waals surface area contributed by atoms with Gasteiger partial charge in [-0.3, -0.25) is 9.48 Å². The van der Waals surface area contributed by atoms with E-state index in [0.717, 1.165) is 29.8 Å². The Morgan fingerprint density at radius 2 is 2.37 bits per heavy atom. The zero-order chi connectivity index (χ0) is 13.9. The van der Waals surface area contributed by atoms with E-state index >= 15 is 0 Å². The van der Waals surface area contributed by atoms with Crippen LogP contribution in [0.25, 0.3) is 0 Å².